The topological polar surface area (TPSA) is 101 Å². The molecule has 0 radical (unpaired) electrons. The SMILES string of the molecule is CC(=O)CC(C)OC(=O)c1ccnc(CNCC(=O)NC(C)CCN(C)C)c1. The Morgan fingerprint density at radius 1 is 1.25 bits per heavy atom. The molecule has 2 N–H and O–H groups in total. The van der Waals surface area contributed by atoms with Crippen LogP contribution in [0.4, 0.5) is 0 Å². The van der Waals surface area contributed by atoms with Crippen molar-refractivity contribution in [2.24, 2.45) is 0 Å². The first-order valence-electron chi connectivity index (χ1n) is 9.47. The Morgan fingerprint density at radius 2 is 1.96 bits per heavy atom. The molecule has 0 fully saturated rings. The zero-order valence-corrected chi connectivity index (χ0v) is 17.4. The van der Waals surface area contributed by atoms with E-state index in [0.29, 0.717) is 17.8 Å². The Balaban J connectivity index is 2.43. The summed E-state index contributed by atoms with van der Waals surface area (Å²) >= 11 is 0. The molecule has 28 heavy (non-hydrogen) atoms. The van der Waals surface area contributed by atoms with Gasteiger partial charge in [0.25, 0.3) is 0 Å². The first-order valence-corrected chi connectivity index (χ1v) is 9.47. The first kappa shape index (κ1) is 23.7. The summed E-state index contributed by atoms with van der Waals surface area (Å²) in [6.07, 6.45) is 2.12. The number of hydrogen-bond donors (Lipinski definition) is 2. The third kappa shape index (κ3) is 10.1. The van der Waals surface area contributed by atoms with Gasteiger partial charge in [0.2, 0.25) is 5.91 Å². The Labute approximate surface area is 167 Å². The van der Waals surface area contributed by atoms with Crippen molar-refractivity contribution in [2.75, 3.05) is 27.2 Å². The van der Waals surface area contributed by atoms with E-state index in [1.54, 1.807) is 19.1 Å². The molecule has 0 bridgehead atoms. The molecule has 2 atom stereocenters. The highest BCUT2D eigenvalue weighted by molar-refractivity contribution is 5.89. The number of aromatic nitrogens is 1. The van der Waals surface area contributed by atoms with Crippen molar-refractivity contribution < 1.29 is 19.1 Å². The van der Waals surface area contributed by atoms with Crippen molar-refractivity contribution in [3.05, 3.63) is 29.6 Å². The molecule has 0 aliphatic heterocycles. The van der Waals surface area contributed by atoms with E-state index in [4.69, 9.17) is 4.74 Å². The zero-order chi connectivity index (χ0) is 21.1. The number of hydrogen-bond acceptors (Lipinski definition) is 7. The first-order chi connectivity index (χ1) is 13.2. The van der Waals surface area contributed by atoms with Crippen molar-refractivity contribution in [1.29, 1.82) is 0 Å². The number of Topliss-reactive ketones (excluding diaryl/α,β-unsaturated/α-hetero) is 1. The fourth-order valence-corrected chi connectivity index (χ4v) is 2.55. The maximum Gasteiger partial charge on any atom is 0.338 e. The normalized spacial score (nSPS) is 13.1. The van der Waals surface area contributed by atoms with Gasteiger partial charge >= 0.3 is 5.97 Å². The maximum absolute atomic E-state index is 12.2. The van der Waals surface area contributed by atoms with E-state index in [-0.39, 0.29) is 30.7 Å². The lowest BCUT2D eigenvalue weighted by Crippen LogP contribution is -2.40. The van der Waals surface area contributed by atoms with Gasteiger partial charge in [0.05, 0.1) is 17.8 Å². The average Bonchev–Trinajstić information content (AvgIpc) is 2.59. The lowest BCUT2D eigenvalue weighted by Gasteiger charge is -2.17. The number of ketones is 1. The van der Waals surface area contributed by atoms with Crippen LogP contribution in [0.5, 0.6) is 0 Å². The fourth-order valence-electron chi connectivity index (χ4n) is 2.55. The molecule has 1 rings (SSSR count). The summed E-state index contributed by atoms with van der Waals surface area (Å²) in [5, 5.41) is 5.96. The molecular formula is C20H32N4O4. The second-order valence-electron chi connectivity index (χ2n) is 7.32. The Morgan fingerprint density at radius 3 is 2.61 bits per heavy atom. The lowest BCUT2D eigenvalue weighted by atomic mass is 10.2. The van der Waals surface area contributed by atoms with Crippen LogP contribution in [0.15, 0.2) is 18.3 Å². The molecule has 1 heterocycles. The Bertz CT molecular complexity index is 663. The van der Waals surface area contributed by atoms with E-state index in [1.807, 2.05) is 21.0 Å². The van der Waals surface area contributed by atoms with Crippen molar-refractivity contribution in [1.82, 2.24) is 20.5 Å². The minimum Gasteiger partial charge on any atom is -0.459 e. The predicted octanol–water partition coefficient (Wildman–Crippen LogP) is 1.15. The molecule has 156 valence electrons. The van der Waals surface area contributed by atoms with Gasteiger partial charge in [0.1, 0.15) is 11.9 Å². The molecule has 1 aromatic rings. The van der Waals surface area contributed by atoms with Crippen LogP contribution in [0.25, 0.3) is 0 Å². The second kappa shape index (κ2) is 12.2. The average molecular weight is 393 g/mol. The number of pyridine rings is 1. The highest BCUT2D eigenvalue weighted by atomic mass is 16.5. The summed E-state index contributed by atoms with van der Waals surface area (Å²) in [5.74, 6) is -0.612. The van der Waals surface area contributed by atoms with Gasteiger partial charge in [0.15, 0.2) is 0 Å². The van der Waals surface area contributed by atoms with Crippen LogP contribution in [-0.4, -0.2) is 66.9 Å². The molecule has 0 saturated heterocycles. The van der Waals surface area contributed by atoms with Gasteiger partial charge in [-0.05, 0) is 60.0 Å². The van der Waals surface area contributed by atoms with E-state index in [1.165, 1.54) is 13.1 Å². The summed E-state index contributed by atoms with van der Waals surface area (Å²) in [6, 6.07) is 3.28. The lowest BCUT2D eigenvalue weighted by molar-refractivity contribution is -0.121. The Kier molecular flexibility index (Phi) is 10.3. The fraction of sp³-hybridized carbons (Fsp3) is 0.600. The maximum atomic E-state index is 12.2. The van der Waals surface area contributed by atoms with Crippen molar-refractivity contribution in [3.63, 3.8) is 0 Å². The molecule has 1 aromatic heterocycles. The number of nitrogens with zero attached hydrogens (tertiary/aromatic N) is 2. The number of rotatable bonds is 12. The van der Waals surface area contributed by atoms with Crippen LogP contribution < -0.4 is 10.6 Å². The minimum atomic E-state index is -0.496. The van der Waals surface area contributed by atoms with Crippen LogP contribution in [0, 0.1) is 0 Å². The highest BCUT2D eigenvalue weighted by Crippen LogP contribution is 2.08. The van der Waals surface area contributed by atoms with E-state index in [9.17, 15) is 14.4 Å². The molecule has 2 unspecified atom stereocenters. The van der Waals surface area contributed by atoms with Crippen molar-refractivity contribution >= 4 is 17.7 Å². The molecular weight excluding hydrogens is 360 g/mol. The second-order valence-corrected chi connectivity index (χ2v) is 7.32. The number of amides is 1. The molecule has 0 aromatic carbocycles. The van der Waals surface area contributed by atoms with Gasteiger partial charge in [-0.1, -0.05) is 0 Å². The van der Waals surface area contributed by atoms with E-state index < -0.39 is 12.1 Å². The molecule has 0 aliphatic rings. The number of ether oxygens (including phenoxy) is 1. The number of carbonyl (C=O) groups excluding carboxylic acids is 3. The van der Waals surface area contributed by atoms with Gasteiger partial charge in [-0.15, -0.1) is 0 Å². The number of esters is 1. The monoisotopic (exact) mass is 392 g/mol. The summed E-state index contributed by atoms with van der Waals surface area (Å²) < 4.78 is 5.25. The molecule has 0 saturated carbocycles. The standard InChI is InChI=1S/C20H32N4O4/c1-14(7-9-24(4)5)23-19(26)13-21-12-18-11-17(6-8-22-18)20(27)28-16(3)10-15(2)25/h6,8,11,14,16,21H,7,9-10,12-13H2,1-5H3,(H,23,26). The third-order valence-corrected chi connectivity index (χ3v) is 3.94. The van der Waals surface area contributed by atoms with E-state index in [2.05, 4.69) is 20.5 Å². The summed E-state index contributed by atoms with van der Waals surface area (Å²) in [4.78, 5) is 41.5. The molecule has 0 aliphatic carbocycles. The van der Waals surface area contributed by atoms with Gasteiger partial charge in [-0.3, -0.25) is 14.6 Å². The minimum absolute atomic E-state index is 0.0331. The van der Waals surface area contributed by atoms with Gasteiger partial charge < -0.3 is 20.3 Å². The molecule has 0 spiro atoms. The van der Waals surface area contributed by atoms with Gasteiger partial charge in [-0.2, -0.15) is 0 Å². The molecule has 8 nitrogen and oxygen atoms in total. The highest BCUT2D eigenvalue weighted by Gasteiger charge is 2.14. The van der Waals surface area contributed by atoms with Crippen molar-refractivity contribution in [2.45, 2.75) is 52.3 Å². The van der Waals surface area contributed by atoms with Crippen molar-refractivity contribution in [3.8, 4) is 0 Å². The largest absolute Gasteiger partial charge is 0.459 e. The van der Waals surface area contributed by atoms with Gasteiger partial charge in [-0.25, -0.2) is 4.79 Å². The smallest absolute Gasteiger partial charge is 0.338 e. The van der Waals surface area contributed by atoms with E-state index in [0.717, 1.165) is 13.0 Å². The summed E-state index contributed by atoms with van der Waals surface area (Å²) in [7, 11) is 3.99. The quantitative estimate of drug-likeness (QED) is 0.515. The van der Waals surface area contributed by atoms with Crippen LogP contribution in [0.2, 0.25) is 0 Å². The summed E-state index contributed by atoms with van der Waals surface area (Å²) in [5.41, 5.74) is 0.992. The van der Waals surface area contributed by atoms with Crippen LogP contribution in [0.1, 0.15) is 49.7 Å². The predicted molar refractivity (Wildman–Crippen MR) is 107 cm³/mol. The summed E-state index contributed by atoms with van der Waals surface area (Å²) in [6.45, 7) is 6.54. The van der Waals surface area contributed by atoms with Crippen LogP contribution in [-0.2, 0) is 20.9 Å². The zero-order valence-electron chi connectivity index (χ0n) is 17.4. The molecule has 8 heteroatoms. The Hall–Kier alpha value is -2.32. The van der Waals surface area contributed by atoms with Crippen LogP contribution in [0.3, 0.4) is 0 Å². The van der Waals surface area contributed by atoms with Crippen LogP contribution >= 0.6 is 0 Å². The molecule has 1 amide bonds. The van der Waals surface area contributed by atoms with Gasteiger partial charge in [0, 0.05) is 25.2 Å². The third-order valence-electron chi connectivity index (χ3n) is 3.94. The number of carbonyl (C=O) groups is 3. The van der Waals surface area contributed by atoms with E-state index >= 15 is 0 Å². The number of nitrogens with one attached hydrogen (secondary N) is 2.